The molecule has 126 valence electrons. The summed E-state index contributed by atoms with van der Waals surface area (Å²) in [4.78, 5) is 6.53. The molecule has 2 aromatic carbocycles. The fourth-order valence-corrected chi connectivity index (χ4v) is 4.24. The van der Waals surface area contributed by atoms with Crippen LogP contribution in [-0.2, 0) is 0 Å². The zero-order valence-corrected chi connectivity index (χ0v) is 14.8. The van der Waals surface area contributed by atoms with Gasteiger partial charge >= 0.3 is 0 Å². The van der Waals surface area contributed by atoms with E-state index in [1.807, 2.05) is 47.4 Å². The highest BCUT2D eigenvalue weighted by Crippen LogP contribution is 2.33. The Labute approximate surface area is 150 Å². The summed E-state index contributed by atoms with van der Waals surface area (Å²) in [6, 6.07) is 18.2. The molecular formula is C20H19N3OS. The van der Waals surface area contributed by atoms with Gasteiger partial charge in [-0.15, -0.1) is 11.3 Å². The van der Waals surface area contributed by atoms with Crippen molar-refractivity contribution in [2.45, 2.75) is 12.8 Å². The van der Waals surface area contributed by atoms with Crippen LogP contribution in [0.5, 0.6) is 0 Å². The van der Waals surface area contributed by atoms with Gasteiger partial charge in [-0.2, -0.15) is 0 Å². The van der Waals surface area contributed by atoms with Crippen LogP contribution in [0.4, 0.5) is 0 Å². The van der Waals surface area contributed by atoms with E-state index in [9.17, 15) is 5.11 Å². The van der Waals surface area contributed by atoms with Crippen LogP contribution in [0.25, 0.3) is 15.8 Å². The molecule has 25 heavy (non-hydrogen) atoms. The summed E-state index contributed by atoms with van der Waals surface area (Å²) in [5.41, 5.74) is 2.72. The van der Waals surface area contributed by atoms with Crippen LogP contribution in [0.15, 0.2) is 60.4 Å². The number of nitrogens with one attached hydrogen (secondary N) is 1. The molecule has 1 aliphatic heterocycles. The van der Waals surface area contributed by atoms with E-state index in [2.05, 4.69) is 24.0 Å². The predicted octanol–water partition coefficient (Wildman–Crippen LogP) is 4.66. The van der Waals surface area contributed by atoms with Gasteiger partial charge in [0.25, 0.3) is 0 Å². The molecule has 3 aromatic rings. The van der Waals surface area contributed by atoms with Crippen molar-refractivity contribution < 1.29 is 5.11 Å². The maximum absolute atomic E-state index is 10.5. The monoisotopic (exact) mass is 349 g/mol. The van der Waals surface area contributed by atoms with Crippen LogP contribution < -0.4 is 0 Å². The van der Waals surface area contributed by atoms with Gasteiger partial charge in [-0.25, -0.2) is 4.98 Å². The lowest BCUT2D eigenvalue weighted by Crippen LogP contribution is -2.30. The number of para-hydroxylation sites is 1. The average Bonchev–Trinajstić information content (AvgIpc) is 3.16. The van der Waals surface area contributed by atoms with E-state index in [4.69, 9.17) is 5.41 Å². The first-order chi connectivity index (χ1) is 12.1. The Kier molecular flexibility index (Phi) is 4.01. The standard InChI is InChI=1S/C20H19N3OS/c1-13(14-7-3-2-4-8-14)11-23-12-16(24)18(19(23)21)20-22-15-9-5-6-10-17(15)25-20/h2-10,13,21,24H,11-12H2,1H3. The number of rotatable bonds is 4. The summed E-state index contributed by atoms with van der Waals surface area (Å²) in [6.07, 6.45) is 0. The predicted molar refractivity (Wildman–Crippen MR) is 103 cm³/mol. The second kappa shape index (κ2) is 6.33. The van der Waals surface area contributed by atoms with Gasteiger partial charge in [-0.05, 0) is 23.6 Å². The summed E-state index contributed by atoms with van der Waals surface area (Å²) >= 11 is 1.52. The average molecular weight is 349 g/mol. The van der Waals surface area contributed by atoms with Gasteiger partial charge in [0.05, 0.1) is 22.3 Å². The Balaban J connectivity index is 1.57. The van der Waals surface area contributed by atoms with E-state index < -0.39 is 0 Å². The van der Waals surface area contributed by atoms with Gasteiger partial charge in [0.1, 0.15) is 16.6 Å². The first kappa shape index (κ1) is 15.8. The highest BCUT2D eigenvalue weighted by Gasteiger charge is 2.31. The van der Waals surface area contributed by atoms with E-state index in [1.54, 1.807) is 0 Å². The number of aliphatic hydroxyl groups is 1. The molecule has 0 saturated carbocycles. The molecule has 0 spiro atoms. The number of thiazole rings is 1. The Morgan fingerprint density at radius 3 is 2.64 bits per heavy atom. The maximum Gasteiger partial charge on any atom is 0.135 e. The van der Waals surface area contributed by atoms with Crippen molar-refractivity contribution in [1.29, 1.82) is 5.41 Å². The maximum atomic E-state index is 10.5. The number of hydrogen-bond donors (Lipinski definition) is 2. The first-order valence-electron chi connectivity index (χ1n) is 8.30. The molecular weight excluding hydrogens is 330 g/mol. The van der Waals surface area contributed by atoms with E-state index >= 15 is 0 Å². The Hall–Kier alpha value is -2.66. The van der Waals surface area contributed by atoms with Gasteiger partial charge in [-0.1, -0.05) is 49.4 Å². The van der Waals surface area contributed by atoms with E-state index in [0.717, 1.165) is 15.2 Å². The van der Waals surface area contributed by atoms with Gasteiger partial charge in [-0.3, -0.25) is 5.41 Å². The van der Waals surface area contributed by atoms with Crippen LogP contribution >= 0.6 is 11.3 Å². The molecule has 1 aliphatic rings. The van der Waals surface area contributed by atoms with Crippen molar-refractivity contribution in [1.82, 2.24) is 9.88 Å². The molecule has 0 saturated heterocycles. The van der Waals surface area contributed by atoms with Crippen LogP contribution in [-0.4, -0.2) is 33.9 Å². The van der Waals surface area contributed by atoms with Crippen molar-refractivity contribution in [2.75, 3.05) is 13.1 Å². The molecule has 0 bridgehead atoms. The van der Waals surface area contributed by atoms with Crippen LogP contribution in [0.1, 0.15) is 23.4 Å². The zero-order chi connectivity index (χ0) is 17.4. The second-order valence-corrected chi connectivity index (χ2v) is 7.38. The second-order valence-electron chi connectivity index (χ2n) is 6.35. The molecule has 2 heterocycles. The third-order valence-corrected chi connectivity index (χ3v) is 5.61. The van der Waals surface area contributed by atoms with Crippen molar-refractivity contribution in [3.8, 4) is 0 Å². The topological polar surface area (TPSA) is 60.2 Å². The highest BCUT2D eigenvalue weighted by molar-refractivity contribution is 7.19. The molecule has 0 aliphatic carbocycles. The largest absolute Gasteiger partial charge is 0.510 e. The highest BCUT2D eigenvalue weighted by atomic mass is 32.1. The summed E-state index contributed by atoms with van der Waals surface area (Å²) in [5, 5.41) is 19.7. The fourth-order valence-electron chi connectivity index (χ4n) is 3.21. The number of amidine groups is 1. The number of fused-ring (bicyclic) bond motifs is 1. The lowest BCUT2D eigenvalue weighted by Gasteiger charge is -2.23. The number of aromatic nitrogens is 1. The first-order valence-corrected chi connectivity index (χ1v) is 9.12. The van der Waals surface area contributed by atoms with Crippen LogP contribution in [0, 0.1) is 5.41 Å². The van der Waals surface area contributed by atoms with Crippen LogP contribution in [0.3, 0.4) is 0 Å². The normalized spacial score (nSPS) is 16.0. The van der Waals surface area contributed by atoms with Crippen molar-refractivity contribution in [3.05, 3.63) is 70.9 Å². The van der Waals surface area contributed by atoms with Crippen molar-refractivity contribution in [3.63, 3.8) is 0 Å². The number of benzene rings is 2. The lowest BCUT2D eigenvalue weighted by molar-refractivity contribution is 0.341. The summed E-state index contributed by atoms with van der Waals surface area (Å²) in [5.74, 6) is 0.882. The third-order valence-electron chi connectivity index (χ3n) is 4.55. The quantitative estimate of drug-likeness (QED) is 0.720. The molecule has 0 amide bonds. The van der Waals surface area contributed by atoms with E-state index in [1.165, 1.54) is 16.9 Å². The molecule has 0 fully saturated rings. The summed E-state index contributed by atoms with van der Waals surface area (Å²) in [7, 11) is 0. The SMILES string of the molecule is CC(CN1CC(O)=C(c2nc3ccccc3s2)C1=N)c1ccccc1. The molecule has 1 aromatic heterocycles. The smallest absolute Gasteiger partial charge is 0.135 e. The molecule has 5 heteroatoms. The minimum Gasteiger partial charge on any atom is -0.510 e. The Morgan fingerprint density at radius 1 is 1.16 bits per heavy atom. The molecule has 2 N–H and O–H groups in total. The molecule has 4 rings (SSSR count). The van der Waals surface area contributed by atoms with Crippen LogP contribution in [0.2, 0.25) is 0 Å². The van der Waals surface area contributed by atoms with Gasteiger partial charge in [0.2, 0.25) is 0 Å². The summed E-state index contributed by atoms with van der Waals surface area (Å²) in [6.45, 7) is 3.22. The fraction of sp³-hybridized carbons (Fsp3) is 0.200. The molecule has 1 unspecified atom stereocenters. The van der Waals surface area contributed by atoms with Crippen molar-refractivity contribution in [2.24, 2.45) is 0 Å². The summed E-state index contributed by atoms with van der Waals surface area (Å²) < 4.78 is 1.07. The van der Waals surface area contributed by atoms with Gasteiger partial charge in [0, 0.05) is 6.54 Å². The number of hydrogen-bond acceptors (Lipinski definition) is 4. The molecule has 1 atom stereocenters. The Bertz CT molecular complexity index is 928. The van der Waals surface area contributed by atoms with E-state index in [0.29, 0.717) is 24.5 Å². The minimum atomic E-state index is 0.240. The number of nitrogens with zero attached hydrogens (tertiary/aromatic N) is 2. The van der Waals surface area contributed by atoms with E-state index in [-0.39, 0.29) is 11.7 Å². The van der Waals surface area contributed by atoms with Gasteiger partial charge < -0.3 is 10.0 Å². The lowest BCUT2D eigenvalue weighted by atomic mass is 10.0. The van der Waals surface area contributed by atoms with Gasteiger partial charge in [0.15, 0.2) is 0 Å². The molecule has 4 nitrogen and oxygen atoms in total. The minimum absolute atomic E-state index is 0.240. The number of aliphatic hydroxyl groups excluding tert-OH is 1. The molecule has 0 radical (unpaired) electrons. The zero-order valence-electron chi connectivity index (χ0n) is 13.9. The van der Waals surface area contributed by atoms with Crippen molar-refractivity contribution >= 4 is 33.0 Å². The third kappa shape index (κ3) is 2.91. The Morgan fingerprint density at radius 2 is 1.88 bits per heavy atom.